The molecule has 0 aromatic rings. The normalized spacial score (nSPS) is 28.0. The molecule has 2 saturated heterocycles. The zero-order valence-corrected chi connectivity index (χ0v) is 23.2. The van der Waals surface area contributed by atoms with E-state index in [1.807, 2.05) is 0 Å². The Balaban J connectivity index is 1.72. The van der Waals surface area contributed by atoms with Gasteiger partial charge >= 0.3 is 5.97 Å². The highest BCUT2D eigenvalue weighted by Gasteiger charge is 2.44. The standard InChI is InChI=1S/C26H41N5O6S/c1-4-20(26(34)35)8-5-18(2)28-24(32)23-15-22(29-11-13-30(14-12-29)38(3,36)37)17-31(23)25(33)21-9-6-19(16-27)7-10-21/h4-5,8,19,21-23H,2,6-7,9-17,27H2,1,3H3,(H,28,32)(H,34,35)/b8-5-,20-4+/t19-,21-,22-,23-/m0/s1. The summed E-state index contributed by atoms with van der Waals surface area (Å²) in [6.07, 6.45) is 9.16. The smallest absolute Gasteiger partial charge is 0.335 e. The van der Waals surface area contributed by atoms with Crippen LogP contribution >= 0.6 is 0 Å². The first-order valence-electron chi connectivity index (χ1n) is 13.2. The predicted molar refractivity (Wildman–Crippen MR) is 144 cm³/mol. The summed E-state index contributed by atoms with van der Waals surface area (Å²) in [5.74, 6) is -1.19. The molecule has 2 aliphatic heterocycles. The second-order valence-corrected chi connectivity index (χ2v) is 12.4. The van der Waals surface area contributed by atoms with Crippen LogP contribution in [0.25, 0.3) is 0 Å². The molecular weight excluding hydrogens is 510 g/mol. The molecular formula is C26H41N5O6S. The number of likely N-dealkylation sites (tertiary alicyclic amines) is 1. The Morgan fingerprint density at radius 1 is 1.08 bits per heavy atom. The molecule has 2 heterocycles. The van der Waals surface area contributed by atoms with E-state index in [1.165, 1.54) is 28.8 Å². The van der Waals surface area contributed by atoms with Crippen molar-refractivity contribution in [3.63, 3.8) is 0 Å². The lowest BCUT2D eigenvalue weighted by molar-refractivity contribution is -0.142. The van der Waals surface area contributed by atoms with Crippen molar-refractivity contribution in [1.82, 2.24) is 19.4 Å². The summed E-state index contributed by atoms with van der Waals surface area (Å²) in [5.41, 5.74) is 6.12. The lowest BCUT2D eigenvalue weighted by atomic mass is 9.81. The first-order chi connectivity index (χ1) is 17.9. The molecule has 3 rings (SSSR count). The maximum atomic E-state index is 13.6. The highest BCUT2D eigenvalue weighted by molar-refractivity contribution is 7.88. The van der Waals surface area contributed by atoms with Gasteiger partial charge in [0.15, 0.2) is 0 Å². The number of nitrogens with two attached hydrogens (primary N) is 1. The number of allylic oxidation sites excluding steroid dienone is 2. The van der Waals surface area contributed by atoms with Crippen molar-refractivity contribution in [1.29, 1.82) is 0 Å². The molecule has 1 aliphatic carbocycles. The Labute approximate surface area is 225 Å². The Morgan fingerprint density at radius 2 is 1.71 bits per heavy atom. The van der Waals surface area contributed by atoms with Gasteiger partial charge in [-0.15, -0.1) is 0 Å². The summed E-state index contributed by atoms with van der Waals surface area (Å²) in [6.45, 7) is 8.26. The number of amides is 2. The summed E-state index contributed by atoms with van der Waals surface area (Å²) in [7, 11) is -3.26. The van der Waals surface area contributed by atoms with Crippen LogP contribution in [0, 0.1) is 11.8 Å². The van der Waals surface area contributed by atoms with Gasteiger partial charge in [0.25, 0.3) is 0 Å². The van der Waals surface area contributed by atoms with Gasteiger partial charge in [-0.3, -0.25) is 14.5 Å². The molecule has 212 valence electrons. The topological polar surface area (TPSA) is 153 Å². The van der Waals surface area contributed by atoms with E-state index in [9.17, 15) is 27.9 Å². The van der Waals surface area contributed by atoms with Crippen LogP contribution in [-0.2, 0) is 24.4 Å². The van der Waals surface area contributed by atoms with Crippen LogP contribution in [0.15, 0.2) is 36.1 Å². The number of carboxylic acids is 1. The van der Waals surface area contributed by atoms with Crippen LogP contribution in [-0.4, -0.2) is 103 Å². The second kappa shape index (κ2) is 13.0. The monoisotopic (exact) mass is 551 g/mol. The summed E-state index contributed by atoms with van der Waals surface area (Å²) >= 11 is 0. The molecule has 0 radical (unpaired) electrons. The number of sulfonamides is 1. The highest BCUT2D eigenvalue weighted by atomic mass is 32.2. The minimum atomic E-state index is -3.26. The largest absolute Gasteiger partial charge is 0.478 e. The van der Waals surface area contributed by atoms with E-state index in [0.717, 1.165) is 25.7 Å². The van der Waals surface area contributed by atoms with E-state index < -0.39 is 22.0 Å². The van der Waals surface area contributed by atoms with E-state index in [-0.39, 0.29) is 35.0 Å². The average Bonchev–Trinajstić information content (AvgIpc) is 3.34. The van der Waals surface area contributed by atoms with E-state index in [2.05, 4.69) is 16.8 Å². The molecule has 12 heteroatoms. The van der Waals surface area contributed by atoms with Gasteiger partial charge in [0.2, 0.25) is 21.8 Å². The molecule has 1 saturated carbocycles. The van der Waals surface area contributed by atoms with Crippen LogP contribution in [0.5, 0.6) is 0 Å². The van der Waals surface area contributed by atoms with Gasteiger partial charge in [-0.05, 0) is 63.6 Å². The number of hydrogen-bond acceptors (Lipinski definition) is 7. The molecule has 2 atom stereocenters. The van der Waals surface area contributed by atoms with E-state index in [0.29, 0.717) is 51.6 Å². The van der Waals surface area contributed by atoms with E-state index in [4.69, 9.17) is 5.73 Å². The van der Waals surface area contributed by atoms with Crippen molar-refractivity contribution < 1.29 is 27.9 Å². The van der Waals surface area contributed by atoms with Crippen molar-refractivity contribution in [2.45, 2.75) is 51.1 Å². The molecule has 3 fully saturated rings. The van der Waals surface area contributed by atoms with Crippen LogP contribution in [0.2, 0.25) is 0 Å². The van der Waals surface area contributed by atoms with Crippen LogP contribution in [0.4, 0.5) is 0 Å². The van der Waals surface area contributed by atoms with Crippen molar-refractivity contribution in [2.24, 2.45) is 17.6 Å². The Bertz CT molecular complexity index is 1070. The summed E-state index contributed by atoms with van der Waals surface area (Å²) < 4.78 is 25.3. The van der Waals surface area contributed by atoms with Crippen molar-refractivity contribution in [3.8, 4) is 0 Å². The SMILES string of the molecule is C=C(/C=C\C(=C/C)C(=O)O)NC(=O)[C@@H]1C[C@H](N2CCN(S(C)(=O)=O)CC2)CN1C(=O)[C@H]1CC[C@H](CN)CC1. The van der Waals surface area contributed by atoms with Gasteiger partial charge in [-0.1, -0.05) is 12.7 Å². The number of rotatable bonds is 9. The molecule has 11 nitrogen and oxygen atoms in total. The third kappa shape index (κ3) is 7.52. The number of nitrogens with zero attached hydrogens (tertiary/aromatic N) is 3. The number of carboxylic acid groups (broad SMARTS) is 1. The Morgan fingerprint density at radius 3 is 2.24 bits per heavy atom. The van der Waals surface area contributed by atoms with E-state index in [1.54, 1.807) is 11.8 Å². The summed E-state index contributed by atoms with van der Waals surface area (Å²) in [5, 5.41) is 11.9. The van der Waals surface area contributed by atoms with Gasteiger partial charge in [-0.25, -0.2) is 13.2 Å². The lowest BCUT2D eigenvalue weighted by Gasteiger charge is -2.37. The molecule has 0 aromatic heterocycles. The number of carbonyl (C=O) groups is 3. The number of piperazine rings is 1. The van der Waals surface area contributed by atoms with Crippen molar-refractivity contribution in [3.05, 3.63) is 36.1 Å². The molecule has 4 N–H and O–H groups in total. The fourth-order valence-electron chi connectivity index (χ4n) is 5.62. The molecule has 0 bridgehead atoms. The quantitative estimate of drug-likeness (QED) is 0.277. The predicted octanol–water partition coefficient (Wildman–Crippen LogP) is 0.515. The first kappa shape index (κ1) is 30.0. The van der Waals surface area contributed by atoms with Gasteiger partial charge in [0, 0.05) is 50.4 Å². The second-order valence-electron chi connectivity index (χ2n) is 10.4. The fourth-order valence-corrected chi connectivity index (χ4v) is 6.44. The summed E-state index contributed by atoms with van der Waals surface area (Å²) in [4.78, 5) is 42.1. The lowest BCUT2D eigenvalue weighted by Crippen LogP contribution is -2.52. The highest BCUT2D eigenvalue weighted by Crippen LogP contribution is 2.33. The number of hydrogen-bond donors (Lipinski definition) is 3. The molecule has 2 amide bonds. The van der Waals surface area contributed by atoms with Gasteiger partial charge in [0.05, 0.1) is 11.8 Å². The number of carbonyl (C=O) groups excluding carboxylic acids is 2. The van der Waals surface area contributed by atoms with Gasteiger partial charge in [-0.2, -0.15) is 4.31 Å². The van der Waals surface area contributed by atoms with Crippen LogP contribution in [0.1, 0.15) is 39.0 Å². The Kier molecular flexibility index (Phi) is 10.3. The van der Waals surface area contributed by atoms with Crippen molar-refractivity contribution >= 4 is 27.8 Å². The first-order valence-corrected chi connectivity index (χ1v) is 15.1. The zero-order valence-electron chi connectivity index (χ0n) is 22.3. The Hall–Kier alpha value is -2.54. The van der Waals surface area contributed by atoms with Gasteiger partial charge in [0.1, 0.15) is 6.04 Å². The molecule has 38 heavy (non-hydrogen) atoms. The maximum Gasteiger partial charge on any atom is 0.335 e. The van der Waals surface area contributed by atoms with Crippen molar-refractivity contribution in [2.75, 3.05) is 45.5 Å². The summed E-state index contributed by atoms with van der Waals surface area (Å²) in [6, 6.07) is -0.763. The molecule has 0 aromatic carbocycles. The van der Waals surface area contributed by atoms with Gasteiger partial charge < -0.3 is 21.1 Å². The minimum absolute atomic E-state index is 0.0267. The molecule has 3 aliphatic rings. The number of aliphatic carboxylic acids is 1. The van der Waals surface area contributed by atoms with E-state index >= 15 is 0 Å². The van der Waals surface area contributed by atoms with Crippen LogP contribution in [0.3, 0.4) is 0 Å². The molecule has 0 spiro atoms. The third-order valence-electron chi connectivity index (χ3n) is 7.96. The average molecular weight is 552 g/mol. The zero-order chi connectivity index (χ0) is 28.0. The fraction of sp³-hybridized carbons (Fsp3) is 0.654. The number of nitrogens with one attached hydrogen (secondary N) is 1. The maximum absolute atomic E-state index is 13.6. The molecule has 0 unspecified atom stereocenters. The minimum Gasteiger partial charge on any atom is -0.478 e. The van der Waals surface area contributed by atoms with Crippen LogP contribution < -0.4 is 11.1 Å². The third-order valence-corrected chi connectivity index (χ3v) is 9.26.